The van der Waals surface area contributed by atoms with Crippen LogP contribution in [0.4, 0.5) is 0 Å². The Morgan fingerprint density at radius 2 is 1.16 bits per heavy atom. The molecule has 0 amide bonds. The lowest BCUT2D eigenvalue weighted by Crippen LogP contribution is -2.26. The molecule has 1 unspecified atom stereocenters. The average molecular weight is 582 g/mol. The second-order valence-corrected chi connectivity index (χ2v) is 12.2. The summed E-state index contributed by atoms with van der Waals surface area (Å²) in [7, 11) is 0. The summed E-state index contributed by atoms with van der Waals surface area (Å²) >= 11 is 1.87. The van der Waals surface area contributed by atoms with Gasteiger partial charge in [-0.3, -0.25) is 0 Å². The second-order valence-electron chi connectivity index (χ2n) is 11.2. The molecule has 208 valence electrons. The first-order chi connectivity index (χ1) is 21.8. The van der Waals surface area contributed by atoms with E-state index < -0.39 is 0 Å². The van der Waals surface area contributed by atoms with Crippen molar-refractivity contribution in [2.45, 2.75) is 6.29 Å². The number of thiophene rings is 1. The fourth-order valence-corrected chi connectivity index (χ4v) is 8.04. The first kappa shape index (κ1) is 25.1. The highest BCUT2D eigenvalue weighted by Crippen LogP contribution is 2.43. The Kier molecular flexibility index (Phi) is 5.75. The largest absolute Gasteiger partial charge is 0.346 e. The smallest absolute Gasteiger partial charge is 0.200 e. The van der Waals surface area contributed by atoms with E-state index in [0.717, 1.165) is 16.7 Å². The molecule has 0 radical (unpaired) electrons. The maximum Gasteiger partial charge on any atom is 0.200 e. The minimum absolute atomic E-state index is 0.284. The van der Waals surface area contributed by atoms with Crippen LogP contribution in [-0.2, 0) is 0 Å². The summed E-state index contributed by atoms with van der Waals surface area (Å²) in [5.74, 6) is 0. The summed E-state index contributed by atoms with van der Waals surface area (Å²) in [6, 6.07) is 50.0. The Morgan fingerprint density at radius 1 is 0.523 bits per heavy atom. The van der Waals surface area contributed by atoms with Crippen molar-refractivity contribution in [3.8, 4) is 22.3 Å². The number of aromatic nitrogens is 1. The first-order valence-electron chi connectivity index (χ1n) is 14.9. The highest BCUT2D eigenvalue weighted by atomic mass is 32.1. The molecule has 0 spiro atoms. The number of aliphatic imine (C=N–C) groups is 1. The highest BCUT2D eigenvalue weighted by molar-refractivity contribution is 7.26. The van der Waals surface area contributed by atoms with Gasteiger partial charge in [-0.2, -0.15) is 0 Å². The molecule has 1 atom stereocenters. The molecule has 4 heteroatoms. The quantitative estimate of drug-likeness (QED) is 0.220. The third-order valence-electron chi connectivity index (χ3n) is 8.72. The SMILES string of the molecule is C1=NC(n2c3ccccc3c3ccc(-c4ccccc4)cc32)NC(c2cccc3c2sc2c(-c4ccccc4)cccc23)=C1. The molecule has 6 aromatic carbocycles. The van der Waals surface area contributed by atoms with Gasteiger partial charge in [0.1, 0.15) is 0 Å². The summed E-state index contributed by atoms with van der Waals surface area (Å²) in [6.45, 7) is 0. The van der Waals surface area contributed by atoms with E-state index in [2.05, 4.69) is 155 Å². The maximum absolute atomic E-state index is 4.98. The van der Waals surface area contributed by atoms with Gasteiger partial charge in [0.05, 0.1) is 11.0 Å². The second kappa shape index (κ2) is 10.1. The predicted octanol–water partition coefficient (Wildman–Crippen LogP) is 10.7. The topological polar surface area (TPSA) is 29.3 Å². The van der Waals surface area contributed by atoms with Crippen LogP contribution in [0.1, 0.15) is 11.9 Å². The van der Waals surface area contributed by atoms with Gasteiger partial charge in [0.15, 0.2) is 0 Å². The summed E-state index contributed by atoms with van der Waals surface area (Å²) in [5.41, 5.74) is 9.53. The third kappa shape index (κ3) is 3.92. The van der Waals surface area contributed by atoms with Gasteiger partial charge in [-0.25, -0.2) is 4.99 Å². The van der Waals surface area contributed by atoms with Crippen molar-refractivity contribution in [3.05, 3.63) is 151 Å². The van der Waals surface area contributed by atoms with Gasteiger partial charge in [0.25, 0.3) is 0 Å². The molecule has 0 aliphatic carbocycles. The van der Waals surface area contributed by atoms with Gasteiger partial charge in [-0.05, 0) is 40.5 Å². The van der Waals surface area contributed by atoms with Crippen LogP contribution in [0.5, 0.6) is 0 Å². The molecule has 3 nitrogen and oxygen atoms in total. The lowest BCUT2D eigenvalue weighted by molar-refractivity contribution is 0.511. The predicted molar refractivity (Wildman–Crippen MR) is 188 cm³/mol. The highest BCUT2D eigenvalue weighted by Gasteiger charge is 2.22. The van der Waals surface area contributed by atoms with Crippen molar-refractivity contribution < 1.29 is 0 Å². The lowest BCUT2D eigenvalue weighted by Gasteiger charge is -2.24. The van der Waals surface area contributed by atoms with E-state index in [1.807, 2.05) is 17.6 Å². The minimum atomic E-state index is -0.284. The fraction of sp³-hybridized carbons (Fsp3) is 0.0250. The lowest BCUT2D eigenvalue weighted by atomic mass is 10.0. The third-order valence-corrected chi connectivity index (χ3v) is 10.0. The zero-order valence-electron chi connectivity index (χ0n) is 23.8. The molecule has 0 fully saturated rings. The molecule has 1 aliphatic rings. The Morgan fingerprint density at radius 3 is 1.95 bits per heavy atom. The van der Waals surface area contributed by atoms with E-state index in [1.165, 1.54) is 58.8 Å². The van der Waals surface area contributed by atoms with Crippen LogP contribution in [0.25, 0.3) is 69.9 Å². The molecule has 8 aromatic rings. The Hall–Kier alpha value is -5.45. The van der Waals surface area contributed by atoms with Crippen molar-refractivity contribution in [2.75, 3.05) is 0 Å². The monoisotopic (exact) mass is 581 g/mol. The molecule has 2 aromatic heterocycles. The van der Waals surface area contributed by atoms with Crippen LogP contribution < -0.4 is 5.32 Å². The molecule has 44 heavy (non-hydrogen) atoms. The number of hydrogen-bond acceptors (Lipinski definition) is 3. The van der Waals surface area contributed by atoms with E-state index in [1.54, 1.807) is 0 Å². The van der Waals surface area contributed by atoms with E-state index in [9.17, 15) is 0 Å². The fourth-order valence-electron chi connectivity index (χ4n) is 6.67. The van der Waals surface area contributed by atoms with E-state index in [4.69, 9.17) is 4.99 Å². The number of para-hydroxylation sites is 1. The number of nitrogens with one attached hydrogen (secondary N) is 1. The van der Waals surface area contributed by atoms with E-state index >= 15 is 0 Å². The summed E-state index contributed by atoms with van der Waals surface area (Å²) in [6.07, 6.45) is 3.78. The number of hydrogen-bond donors (Lipinski definition) is 1. The van der Waals surface area contributed by atoms with Crippen molar-refractivity contribution in [3.63, 3.8) is 0 Å². The summed E-state index contributed by atoms with van der Waals surface area (Å²) < 4.78 is 4.95. The number of fused-ring (bicyclic) bond motifs is 6. The van der Waals surface area contributed by atoms with Crippen LogP contribution in [-0.4, -0.2) is 10.8 Å². The van der Waals surface area contributed by atoms with Crippen molar-refractivity contribution >= 4 is 65.2 Å². The molecule has 0 saturated carbocycles. The summed E-state index contributed by atoms with van der Waals surface area (Å²) in [5, 5.41) is 8.87. The van der Waals surface area contributed by atoms with Gasteiger partial charge < -0.3 is 9.88 Å². The zero-order valence-corrected chi connectivity index (χ0v) is 24.6. The number of nitrogens with zero attached hydrogens (tertiary/aromatic N) is 2. The van der Waals surface area contributed by atoms with Gasteiger partial charge in [0, 0.05) is 48.4 Å². The normalized spacial score (nSPS) is 14.8. The van der Waals surface area contributed by atoms with E-state index in [0.29, 0.717) is 0 Å². The van der Waals surface area contributed by atoms with Gasteiger partial charge in [-0.1, -0.05) is 127 Å². The number of allylic oxidation sites excluding steroid dienone is 1. The Bertz CT molecular complexity index is 2410. The average Bonchev–Trinajstić information content (AvgIpc) is 3.65. The van der Waals surface area contributed by atoms with Crippen LogP contribution in [0, 0.1) is 0 Å². The minimum Gasteiger partial charge on any atom is -0.346 e. The summed E-state index contributed by atoms with van der Waals surface area (Å²) in [4.78, 5) is 4.98. The maximum atomic E-state index is 4.98. The van der Waals surface area contributed by atoms with Crippen molar-refractivity contribution in [1.82, 2.24) is 9.88 Å². The molecule has 3 heterocycles. The molecule has 9 rings (SSSR count). The van der Waals surface area contributed by atoms with Crippen LogP contribution in [0.15, 0.2) is 151 Å². The van der Waals surface area contributed by atoms with Crippen LogP contribution in [0.3, 0.4) is 0 Å². The van der Waals surface area contributed by atoms with Gasteiger partial charge in [0.2, 0.25) is 6.29 Å². The van der Waals surface area contributed by atoms with Crippen LogP contribution >= 0.6 is 11.3 Å². The molecule has 1 aliphatic heterocycles. The molecule has 0 saturated heterocycles. The molecule has 0 bridgehead atoms. The zero-order chi connectivity index (χ0) is 29.0. The molecule has 1 N–H and O–H groups in total. The van der Waals surface area contributed by atoms with Gasteiger partial charge in [-0.15, -0.1) is 11.3 Å². The first-order valence-corrected chi connectivity index (χ1v) is 15.7. The number of rotatable bonds is 4. The molecular formula is C40H27N3S. The standard InChI is InChI=1S/C40H27N3S/c1-3-11-26(12-4-1)28-21-22-31-30-15-7-8-20-36(30)43(37(31)25-28)40-41-24-23-35(42-40)34-19-10-18-33-32-17-9-16-29(38(32)44-39(33)34)27-13-5-2-6-14-27/h1-25,40,42H. The van der Waals surface area contributed by atoms with Crippen molar-refractivity contribution in [2.24, 2.45) is 4.99 Å². The van der Waals surface area contributed by atoms with Crippen LogP contribution in [0.2, 0.25) is 0 Å². The number of benzene rings is 6. The van der Waals surface area contributed by atoms with Gasteiger partial charge >= 0.3 is 0 Å². The molecular weight excluding hydrogens is 555 g/mol. The van der Waals surface area contributed by atoms with Crippen molar-refractivity contribution in [1.29, 1.82) is 0 Å². The Labute approximate surface area is 259 Å². The Balaban J connectivity index is 1.18. The van der Waals surface area contributed by atoms with E-state index in [-0.39, 0.29) is 6.29 Å².